The smallest absolute Gasteiger partial charge is 0.119 e. The van der Waals surface area contributed by atoms with E-state index in [1.165, 1.54) is 33.3 Å². The summed E-state index contributed by atoms with van der Waals surface area (Å²) in [5.41, 5.74) is 6.64. The van der Waals surface area contributed by atoms with Gasteiger partial charge in [0.25, 0.3) is 0 Å². The van der Waals surface area contributed by atoms with Gasteiger partial charge in [-0.2, -0.15) is 0 Å². The topological polar surface area (TPSA) is 37.0 Å². The van der Waals surface area contributed by atoms with E-state index in [-0.39, 0.29) is 6.04 Å². The molecule has 3 nitrogen and oxygen atoms in total. The van der Waals surface area contributed by atoms with Crippen molar-refractivity contribution in [1.29, 1.82) is 0 Å². The molecule has 118 valence electrons. The average molecular weight is 306 g/mol. The normalized spacial score (nSPS) is 17.2. The molecule has 0 amide bonds. The van der Waals surface area contributed by atoms with Crippen molar-refractivity contribution in [2.24, 2.45) is 0 Å². The first-order valence-corrected chi connectivity index (χ1v) is 8.31. The lowest BCUT2D eigenvalue weighted by Crippen LogP contribution is -2.30. The highest BCUT2D eigenvalue weighted by atomic mass is 16.5. The third-order valence-corrected chi connectivity index (χ3v) is 4.85. The molecule has 2 aromatic carbocycles. The monoisotopic (exact) mass is 306 g/mol. The lowest BCUT2D eigenvalue weighted by molar-refractivity contribution is 0.413. The van der Waals surface area contributed by atoms with Gasteiger partial charge in [-0.25, -0.2) is 0 Å². The largest absolute Gasteiger partial charge is 0.497 e. The van der Waals surface area contributed by atoms with E-state index >= 15 is 0 Å². The Hall–Kier alpha value is -2.26. The molecule has 3 aromatic rings. The standard InChI is InChI=1S/C20H22N2O/c1-3-13-7-8-18-17(11-13)16-9-10-21-19(20(16)22-18)14-5-4-6-15(12-14)23-2/h4-8,11-12,19,21-22H,3,9-10H2,1-2H3. The maximum Gasteiger partial charge on any atom is 0.119 e. The summed E-state index contributed by atoms with van der Waals surface area (Å²) in [6.45, 7) is 3.21. The van der Waals surface area contributed by atoms with Crippen molar-refractivity contribution in [1.82, 2.24) is 10.3 Å². The number of methoxy groups -OCH3 is 1. The summed E-state index contributed by atoms with van der Waals surface area (Å²) in [6.07, 6.45) is 2.15. The molecule has 0 saturated carbocycles. The molecule has 0 radical (unpaired) electrons. The van der Waals surface area contributed by atoms with Crippen LogP contribution in [0.4, 0.5) is 0 Å². The first-order valence-electron chi connectivity index (χ1n) is 8.31. The third-order valence-electron chi connectivity index (χ3n) is 4.85. The zero-order valence-corrected chi connectivity index (χ0v) is 13.6. The maximum absolute atomic E-state index is 5.38. The summed E-state index contributed by atoms with van der Waals surface area (Å²) in [6, 6.07) is 15.3. The molecule has 1 atom stereocenters. The van der Waals surface area contributed by atoms with Gasteiger partial charge < -0.3 is 15.0 Å². The highest BCUT2D eigenvalue weighted by Gasteiger charge is 2.25. The van der Waals surface area contributed by atoms with Gasteiger partial charge in [0.2, 0.25) is 0 Å². The lowest BCUT2D eigenvalue weighted by Gasteiger charge is -2.25. The van der Waals surface area contributed by atoms with Crippen molar-refractivity contribution in [3.63, 3.8) is 0 Å². The van der Waals surface area contributed by atoms with Crippen LogP contribution in [0.3, 0.4) is 0 Å². The van der Waals surface area contributed by atoms with Gasteiger partial charge in [0, 0.05) is 23.1 Å². The number of ether oxygens (including phenoxy) is 1. The zero-order chi connectivity index (χ0) is 15.8. The number of aromatic amines is 1. The molecular weight excluding hydrogens is 284 g/mol. The average Bonchev–Trinajstić information content (AvgIpc) is 2.99. The Bertz CT molecular complexity index is 850. The van der Waals surface area contributed by atoms with Crippen molar-refractivity contribution in [3.8, 4) is 5.75 Å². The first kappa shape index (κ1) is 14.3. The van der Waals surface area contributed by atoms with E-state index < -0.39 is 0 Å². The Kier molecular flexibility index (Phi) is 3.58. The minimum Gasteiger partial charge on any atom is -0.497 e. The number of fused-ring (bicyclic) bond motifs is 3. The van der Waals surface area contributed by atoms with E-state index in [9.17, 15) is 0 Å². The molecular formula is C20H22N2O. The van der Waals surface area contributed by atoms with Gasteiger partial charge >= 0.3 is 0 Å². The molecule has 3 heteroatoms. The fraction of sp³-hybridized carbons (Fsp3) is 0.300. The highest BCUT2D eigenvalue weighted by Crippen LogP contribution is 2.34. The fourth-order valence-corrected chi connectivity index (χ4v) is 3.60. The van der Waals surface area contributed by atoms with Crippen LogP contribution >= 0.6 is 0 Å². The molecule has 0 bridgehead atoms. The Morgan fingerprint density at radius 2 is 2.09 bits per heavy atom. The molecule has 1 aromatic heterocycles. The summed E-state index contributed by atoms with van der Waals surface area (Å²) >= 11 is 0. The summed E-state index contributed by atoms with van der Waals surface area (Å²) in [4.78, 5) is 3.65. The van der Waals surface area contributed by atoms with Crippen LogP contribution < -0.4 is 10.1 Å². The van der Waals surface area contributed by atoms with Crippen molar-refractivity contribution in [2.45, 2.75) is 25.8 Å². The van der Waals surface area contributed by atoms with Gasteiger partial charge in [0.05, 0.1) is 13.2 Å². The van der Waals surface area contributed by atoms with Gasteiger partial charge in [-0.15, -0.1) is 0 Å². The van der Waals surface area contributed by atoms with Crippen molar-refractivity contribution < 1.29 is 4.74 Å². The molecule has 0 spiro atoms. The summed E-state index contributed by atoms with van der Waals surface area (Å²) in [5.74, 6) is 0.904. The molecule has 4 rings (SSSR count). The van der Waals surface area contributed by atoms with E-state index in [1.54, 1.807) is 7.11 Å². The molecule has 1 unspecified atom stereocenters. The van der Waals surface area contributed by atoms with Crippen molar-refractivity contribution >= 4 is 10.9 Å². The molecule has 1 aliphatic heterocycles. The predicted octanol–water partition coefficient (Wildman–Crippen LogP) is 3.97. The number of rotatable bonds is 3. The maximum atomic E-state index is 5.38. The van der Waals surface area contributed by atoms with Crippen LogP contribution in [0.15, 0.2) is 42.5 Å². The quantitative estimate of drug-likeness (QED) is 0.768. The summed E-state index contributed by atoms with van der Waals surface area (Å²) in [7, 11) is 1.72. The van der Waals surface area contributed by atoms with Gasteiger partial charge in [0.15, 0.2) is 0 Å². The number of hydrogen-bond acceptors (Lipinski definition) is 2. The van der Waals surface area contributed by atoms with Crippen LogP contribution in [-0.4, -0.2) is 18.6 Å². The second-order valence-corrected chi connectivity index (χ2v) is 6.16. The second-order valence-electron chi connectivity index (χ2n) is 6.16. The van der Waals surface area contributed by atoms with Crippen LogP contribution in [0.5, 0.6) is 5.75 Å². The van der Waals surface area contributed by atoms with Gasteiger partial charge in [-0.3, -0.25) is 0 Å². The molecule has 0 aliphatic carbocycles. The van der Waals surface area contributed by atoms with Crippen LogP contribution in [0, 0.1) is 0 Å². The Morgan fingerprint density at radius 3 is 2.91 bits per heavy atom. The van der Waals surface area contributed by atoms with Crippen LogP contribution in [0.1, 0.15) is 35.3 Å². The van der Waals surface area contributed by atoms with E-state index in [0.717, 1.165) is 25.1 Å². The van der Waals surface area contributed by atoms with Gasteiger partial charge in [0.1, 0.15) is 5.75 Å². The SMILES string of the molecule is CCc1ccc2[nH]c3c(c2c1)CCNC3c1cccc(OC)c1. The highest BCUT2D eigenvalue weighted by molar-refractivity contribution is 5.86. The van der Waals surface area contributed by atoms with Crippen LogP contribution in [0.2, 0.25) is 0 Å². The van der Waals surface area contributed by atoms with Gasteiger partial charge in [-0.1, -0.05) is 25.1 Å². The van der Waals surface area contributed by atoms with E-state index in [1.807, 2.05) is 6.07 Å². The number of nitrogens with one attached hydrogen (secondary N) is 2. The minimum absolute atomic E-state index is 0.200. The number of H-pyrrole nitrogens is 1. The zero-order valence-electron chi connectivity index (χ0n) is 13.6. The van der Waals surface area contributed by atoms with Gasteiger partial charge in [-0.05, 0) is 53.8 Å². The number of aromatic nitrogens is 1. The number of hydrogen-bond donors (Lipinski definition) is 2. The van der Waals surface area contributed by atoms with Crippen molar-refractivity contribution in [2.75, 3.05) is 13.7 Å². The first-order chi connectivity index (χ1) is 11.3. The van der Waals surface area contributed by atoms with E-state index in [0.29, 0.717) is 0 Å². The molecule has 2 heterocycles. The summed E-state index contributed by atoms with van der Waals surface area (Å²) in [5, 5.41) is 5.03. The predicted molar refractivity (Wildman–Crippen MR) is 94.2 cm³/mol. The van der Waals surface area contributed by atoms with Crippen LogP contribution in [0.25, 0.3) is 10.9 Å². The minimum atomic E-state index is 0.200. The van der Waals surface area contributed by atoms with E-state index in [4.69, 9.17) is 4.74 Å². The Morgan fingerprint density at radius 1 is 1.17 bits per heavy atom. The number of aryl methyl sites for hydroxylation is 1. The van der Waals surface area contributed by atoms with Crippen LogP contribution in [-0.2, 0) is 12.8 Å². The molecule has 1 aliphatic rings. The Balaban J connectivity index is 1.84. The summed E-state index contributed by atoms with van der Waals surface area (Å²) < 4.78 is 5.38. The third kappa shape index (κ3) is 2.41. The molecule has 0 saturated heterocycles. The number of benzene rings is 2. The molecule has 23 heavy (non-hydrogen) atoms. The van der Waals surface area contributed by atoms with Crippen molar-refractivity contribution in [3.05, 3.63) is 64.8 Å². The fourth-order valence-electron chi connectivity index (χ4n) is 3.60. The molecule has 0 fully saturated rings. The molecule has 2 N–H and O–H groups in total. The Labute approximate surface area is 136 Å². The second kappa shape index (κ2) is 5.74. The lowest BCUT2D eigenvalue weighted by atomic mass is 9.94. The van der Waals surface area contributed by atoms with E-state index in [2.05, 4.69) is 53.6 Å².